The predicted molar refractivity (Wildman–Crippen MR) is 130 cm³/mol. The highest BCUT2D eigenvalue weighted by molar-refractivity contribution is 5.83. The first-order valence-corrected chi connectivity index (χ1v) is 11.4. The number of hydrogen-bond donors (Lipinski definition) is 1. The molecule has 2 amide bonds. The lowest BCUT2D eigenvalue weighted by Crippen LogP contribution is -2.38. The SMILES string of the molecule is COc1cccc(CC(=O)N2CCNC(=O)[C@H](Cc3ccccc3-c3ccc(C)cc3)C2)c1. The molecule has 3 aromatic rings. The second-order valence-electron chi connectivity index (χ2n) is 8.58. The van der Waals surface area contributed by atoms with Gasteiger partial charge in [-0.1, -0.05) is 66.2 Å². The molecule has 170 valence electrons. The lowest BCUT2D eigenvalue weighted by atomic mass is 9.91. The molecule has 5 nitrogen and oxygen atoms in total. The van der Waals surface area contributed by atoms with Gasteiger partial charge in [-0.3, -0.25) is 9.59 Å². The van der Waals surface area contributed by atoms with Crippen molar-refractivity contribution in [3.05, 3.63) is 89.5 Å². The Hall–Kier alpha value is -3.60. The number of rotatable bonds is 6. The summed E-state index contributed by atoms with van der Waals surface area (Å²) in [4.78, 5) is 27.8. The van der Waals surface area contributed by atoms with Crippen LogP contribution >= 0.6 is 0 Å². The molecule has 0 unspecified atom stereocenters. The molecule has 1 aliphatic rings. The largest absolute Gasteiger partial charge is 0.497 e. The number of ether oxygens (including phenoxy) is 1. The molecule has 1 N–H and O–H groups in total. The van der Waals surface area contributed by atoms with Crippen molar-refractivity contribution in [2.24, 2.45) is 5.92 Å². The quantitative estimate of drug-likeness (QED) is 0.627. The Morgan fingerprint density at radius 2 is 1.85 bits per heavy atom. The second-order valence-corrected chi connectivity index (χ2v) is 8.58. The molecule has 4 rings (SSSR count). The normalized spacial score (nSPS) is 16.1. The van der Waals surface area contributed by atoms with Gasteiger partial charge in [-0.05, 0) is 47.7 Å². The van der Waals surface area contributed by atoms with Gasteiger partial charge >= 0.3 is 0 Å². The van der Waals surface area contributed by atoms with Crippen molar-refractivity contribution in [3.8, 4) is 16.9 Å². The Balaban J connectivity index is 1.51. The van der Waals surface area contributed by atoms with Gasteiger partial charge < -0.3 is 15.0 Å². The van der Waals surface area contributed by atoms with E-state index in [2.05, 4.69) is 48.6 Å². The van der Waals surface area contributed by atoms with Gasteiger partial charge in [0, 0.05) is 19.6 Å². The summed E-state index contributed by atoms with van der Waals surface area (Å²) in [5.74, 6) is 0.467. The van der Waals surface area contributed by atoms with Gasteiger partial charge in [0.1, 0.15) is 5.75 Å². The molecular formula is C28H30N2O3. The minimum Gasteiger partial charge on any atom is -0.497 e. The highest BCUT2D eigenvalue weighted by Crippen LogP contribution is 2.27. The van der Waals surface area contributed by atoms with Crippen LogP contribution in [0.5, 0.6) is 5.75 Å². The number of aryl methyl sites for hydroxylation is 1. The van der Waals surface area contributed by atoms with Gasteiger partial charge in [-0.2, -0.15) is 0 Å². The summed E-state index contributed by atoms with van der Waals surface area (Å²) in [6.07, 6.45) is 0.872. The van der Waals surface area contributed by atoms with E-state index in [9.17, 15) is 9.59 Å². The van der Waals surface area contributed by atoms with Crippen LogP contribution in [0.1, 0.15) is 16.7 Å². The molecule has 33 heavy (non-hydrogen) atoms. The Labute approximate surface area is 195 Å². The maximum absolute atomic E-state index is 13.1. The third kappa shape index (κ3) is 5.61. The maximum Gasteiger partial charge on any atom is 0.227 e. The lowest BCUT2D eigenvalue weighted by molar-refractivity contribution is -0.131. The summed E-state index contributed by atoms with van der Waals surface area (Å²) in [7, 11) is 1.62. The highest BCUT2D eigenvalue weighted by Gasteiger charge is 2.28. The standard InChI is InChI=1S/C28H30N2O3/c1-20-10-12-22(13-11-20)26-9-4-3-7-23(26)18-24-19-30(15-14-29-28(24)32)27(31)17-21-6-5-8-25(16-21)33-2/h3-13,16,24H,14-15,17-19H2,1-2H3,(H,29,32)/t24-/m1/s1. The number of nitrogens with zero attached hydrogens (tertiary/aromatic N) is 1. The average Bonchev–Trinajstić information content (AvgIpc) is 3.01. The third-order valence-corrected chi connectivity index (χ3v) is 6.18. The summed E-state index contributed by atoms with van der Waals surface area (Å²) < 4.78 is 5.27. The van der Waals surface area contributed by atoms with Crippen LogP contribution in [-0.2, 0) is 22.4 Å². The average molecular weight is 443 g/mol. The predicted octanol–water partition coefficient (Wildman–Crippen LogP) is 4.03. The van der Waals surface area contributed by atoms with Crippen LogP contribution in [0.3, 0.4) is 0 Å². The number of benzene rings is 3. The lowest BCUT2D eigenvalue weighted by Gasteiger charge is -2.24. The van der Waals surface area contributed by atoms with E-state index in [0.29, 0.717) is 26.1 Å². The maximum atomic E-state index is 13.1. The second kappa shape index (κ2) is 10.3. The minimum absolute atomic E-state index is 0.00499. The van der Waals surface area contributed by atoms with E-state index in [1.807, 2.05) is 41.3 Å². The smallest absolute Gasteiger partial charge is 0.227 e. The summed E-state index contributed by atoms with van der Waals surface area (Å²) in [6, 6.07) is 24.2. The Morgan fingerprint density at radius 1 is 1.06 bits per heavy atom. The van der Waals surface area contributed by atoms with E-state index >= 15 is 0 Å². The van der Waals surface area contributed by atoms with Gasteiger partial charge in [0.15, 0.2) is 0 Å². The Bertz CT molecular complexity index is 1120. The molecule has 1 atom stereocenters. The Kier molecular flexibility index (Phi) is 7.08. The first-order chi connectivity index (χ1) is 16.0. The van der Waals surface area contributed by atoms with E-state index < -0.39 is 0 Å². The van der Waals surface area contributed by atoms with Gasteiger partial charge in [-0.15, -0.1) is 0 Å². The van der Waals surface area contributed by atoms with Crippen molar-refractivity contribution in [1.29, 1.82) is 0 Å². The fraction of sp³-hybridized carbons (Fsp3) is 0.286. The van der Waals surface area contributed by atoms with Crippen molar-refractivity contribution < 1.29 is 14.3 Å². The molecular weight excluding hydrogens is 412 g/mol. The summed E-state index contributed by atoms with van der Waals surface area (Å²) in [5, 5.41) is 3.00. The molecule has 0 spiro atoms. The molecule has 1 saturated heterocycles. The van der Waals surface area contributed by atoms with Crippen LogP contribution in [0.4, 0.5) is 0 Å². The van der Waals surface area contributed by atoms with Crippen molar-refractivity contribution in [2.75, 3.05) is 26.7 Å². The number of hydrogen-bond acceptors (Lipinski definition) is 3. The topological polar surface area (TPSA) is 58.6 Å². The van der Waals surface area contributed by atoms with Crippen LogP contribution in [0, 0.1) is 12.8 Å². The van der Waals surface area contributed by atoms with Gasteiger partial charge in [0.25, 0.3) is 0 Å². The van der Waals surface area contributed by atoms with E-state index in [1.54, 1.807) is 7.11 Å². The first kappa shape index (κ1) is 22.6. The molecule has 0 aromatic heterocycles. The van der Waals surface area contributed by atoms with E-state index in [0.717, 1.165) is 28.0 Å². The van der Waals surface area contributed by atoms with Gasteiger partial charge in [0.05, 0.1) is 19.4 Å². The summed E-state index contributed by atoms with van der Waals surface area (Å²) >= 11 is 0. The number of methoxy groups -OCH3 is 1. The Morgan fingerprint density at radius 3 is 2.64 bits per heavy atom. The fourth-order valence-corrected chi connectivity index (χ4v) is 4.33. The fourth-order valence-electron chi connectivity index (χ4n) is 4.33. The van der Waals surface area contributed by atoms with Crippen LogP contribution in [0.2, 0.25) is 0 Å². The molecule has 1 heterocycles. The molecule has 0 radical (unpaired) electrons. The van der Waals surface area contributed by atoms with Gasteiger partial charge in [0.2, 0.25) is 11.8 Å². The minimum atomic E-state index is -0.298. The third-order valence-electron chi connectivity index (χ3n) is 6.18. The monoisotopic (exact) mass is 442 g/mol. The van der Waals surface area contributed by atoms with Crippen molar-refractivity contribution in [2.45, 2.75) is 19.8 Å². The van der Waals surface area contributed by atoms with E-state index in [1.165, 1.54) is 5.56 Å². The zero-order chi connectivity index (χ0) is 23.2. The van der Waals surface area contributed by atoms with Crippen molar-refractivity contribution in [3.63, 3.8) is 0 Å². The van der Waals surface area contributed by atoms with Crippen LogP contribution in [0.15, 0.2) is 72.8 Å². The molecule has 3 aromatic carbocycles. The molecule has 0 bridgehead atoms. The number of amides is 2. The number of carbonyl (C=O) groups excluding carboxylic acids is 2. The summed E-state index contributed by atoms with van der Waals surface area (Å²) in [5.41, 5.74) is 5.50. The molecule has 0 saturated carbocycles. The van der Waals surface area contributed by atoms with Crippen molar-refractivity contribution in [1.82, 2.24) is 10.2 Å². The van der Waals surface area contributed by atoms with Gasteiger partial charge in [-0.25, -0.2) is 0 Å². The number of carbonyl (C=O) groups is 2. The number of nitrogens with one attached hydrogen (secondary N) is 1. The van der Waals surface area contributed by atoms with E-state index in [4.69, 9.17) is 4.74 Å². The zero-order valence-corrected chi connectivity index (χ0v) is 19.2. The van der Waals surface area contributed by atoms with E-state index in [-0.39, 0.29) is 24.2 Å². The highest BCUT2D eigenvalue weighted by atomic mass is 16.5. The first-order valence-electron chi connectivity index (χ1n) is 11.4. The molecule has 5 heteroatoms. The molecule has 1 fully saturated rings. The molecule has 1 aliphatic heterocycles. The molecule has 0 aliphatic carbocycles. The van der Waals surface area contributed by atoms with Crippen LogP contribution in [-0.4, -0.2) is 43.5 Å². The summed E-state index contributed by atoms with van der Waals surface area (Å²) in [6.45, 7) is 3.48. The van der Waals surface area contributed by atoms with Crippen molar-refractivity contribution >= 4 is 11.8 Å². The zero-order valence-electron chi connectivity index (χ0n) is 19.2. The van der Waals surface area contributed by atoms with Crippen LogP contribution < -0.4 is 10.1 Å². The van der Waals surface area contributed by atoms with Crippen LogP contribution in [0.25, 0.3) is 11.1 Å².